The van der Waals surface area contributed by atoms with E-state index in [1.165, 1.54) is 24.0 Å². The molecule has 0 atom stereocenters. The van der Waals surface area contributed by atoms with Crippen molar-refractivity contribution in [2.24, 2.45) is 0 Å². The zero-order valence-corrected chi connectivity index (χ0v) is 9.79. The number of hydrogen-bond acceptors (Lipinski definition) is 4. The van der Waals surface area contributed by atoms with Crippen LogP contribution in [-0.4, -0.2) is 9.97 Å². The normalized spacial score (nSPS) is 11.5. The molecule has 0 aliphatic heterocycles. The van der Waals surface area contributed by atoms with E-state index >= 15 is 0 Å². The van der Waals surface area contributed by atoms with Crippen LogP contribution in [0.4, 0.5) is 19.0 Å². The molecule has 2 rings (SSSR count). The molecule has 0 aliphatic rings. The Balaban J connectivity index is 2.16. The summed E-state index contributed by atoms with van der Waals surface area (Å²) in [6, 6.07) is 5.66. The van der Waals surface area contributed by atoms with Crippen molar-refractivity contribution >= 4 is 17.6 Å². The maximum absolute atomic E-state index is 12.3. The first kappa shape index (κ1) is 12.7. The van der Waals surface area contributed by atoms with E-state index in [-0.39, 0.29) is 0 Å². The SMILES string of the molecule is Nc1cc(Sc2ccc(C(F)(F)F)cn2)ccn1. The summed E-state index contributed by atoms with van der Waals surface area (Å²) in [6.07, 6.45) is -2.02. The smallest absolute Gasteiger partial charge is 0.384 e. The Kier molecular flexibility index (Phi) is 3.42. The van der Waals surface area contributed by atoms with Gasteiger partial charge in [-0.2, -0.15) is 13.2 Å². The highest BCUT2D eigenvalue weighted by Crippen LogP contribution is 2.31. The minimum atomic E-state index is -4.36. The zero-order valence-electron chi connectivity index (χ0n) is 8.98. The standard InChI is InChI=1S/C11H8F3N3S/c12-11(13,14)7-1-2-10(17-6-7)18-8-3-4-16-9(15)5-8/h1-6H,(H2,15,16). The average molecular weight is 271 g/mol. The highest BCUT2D eigenvalue weighted by atomic mass is 32.2. The number of hydrogen-bond donors (Lipinski definition) is 1. The molecule has 0 saturated carbocycles. The summed E-state index contributed by atoms with van der Waals surface area (Å²) in [7, 11) is 0. The number of halogens is 3. The maximum Gasteiger partial charge on any atom is 0.417 e. The minimum Gasteiger partial charge on any atom is -0.384 e. The van der Waals surface area contributed by atoms with Gasteiger partial charge >= 0.3 is 6.18 Å². The van der Waals surface area contributed by atoms with Crippen LogP contribution in [0.5, 0.6) is 0 Å². The Hall–Kier alpha value is -1.76. The molecule has 2 aromatic heterocycles. The fraction of sp³-hybridized carbons (Fsp3) is 0.0909. The van der Waals surface area contributed by atoms with E-state index in [9.17, 15) is 13.2 Å². The van der Waals surface area contributed by atoms with Crippen LogP contribution in [0.25, 0.3) is 0 Å². The molecule has 0 unspecified atom stereocenters. The second-order valence-corrected chi connectivity index (χ2v) is 4.50. The fourth-order valence-electron chi connectivity index (χ4n) is 1.22. The molecule has 0 spiro atoms. The lowest BCUT2D eigenvalue weighted by Gasteiger charge is -2.06. The van der Waals surface area contributed by atoms with Crippen molar-refractivity contribution in [3.05, 3.63) is 42.2 Å². The third kappa shape index (κ3) is 3.13. The molecule has 94 valence electrons. The van der Waals surface area contributed by atoms with Crippen molar-refractivity contribution in [1.29, 1.82) is 0 Å². The molecular formula is C11H8F3N3S. The van der Waals surface area contributed by atoms with Gasteiger partial charge in [-0.1, -0.05) is 11.8 Å². The first-order valence-corrected chi connectivity index (χ1v) is 5.69. The number of nitrogens with zero attached hydrogens (tertiary/aromatic N) is 2. The molecule has 18 heavy (non-hydrogen) atoms. The fourth-order valence-corrected chi connectivity index (χ4v) is 2.01. The molecule has 0 amide bonds. The largest absolute Gasteiger partial charge is 0.417 e. The third-order valence-electron chi connectivity index (χ3n) is 2.04. The Bertz CT molecular complexity index is 540. The van der Waals surface area contributed by atoms with Crippen molar-refractivity contribution in [3.63, 3.8) is 0 Å². The van der Waals surface area contributed by atoms with Gasteiger partial charge in [0.2, 0.25) is 0 Å². The Morgan fingerprint density at radius 1 is 1.11 bits per heavy atom. The van der Waals surface area contributed by atoms with E-state index in [0.717, 1.165) is 17.2 Å². The Labute approximate surface area is 105 Å². The van der Waals surface area contributed by atoms with E-state index in [1.54, 1.807) is 12.1 Å². The van der Waals surface area contributed by atoms with E-state index in [2.05, 4.69) is 9.97 Å². The lowest BCUT2D eigenvalue weighted by molar-refractivity contribution is -0.137. The molecule has 2 aromatic rings. The van der Waals surface area contributed by atoms with E-state index in [0.29, 0.717) is 10.8 Å². The second kappa shape index (κ2) is 4.85. The van der Waals surface area contributed by atoms with E-state index in [4.69, 9.17) is 5.73 Å². The van der Waals surface area contributed by atoms with Crippen LogP contribution in [0.1, 0.15) is 5.56 Å². The lowest BCUT2D eigenvalue weighted by atomic mass is 10.3. The average Bonchev–Trinajstić information content (AvgIpc) is 2.28. The number of nitrogens with two attached hydrogens (primary N) is 1. The van der Waals surface area contributed by atoms with Crippen LogP contribution in [0, 0.1) is 0 Å². The Morgan fingerprint density at radius 3 is 2.44 bits per heavy atom. The van der Waals surface area contributed by atoms with Gasteiger partial charge < -0.3 is 5.73 Å². The van der Waals surface area contributed by atoms with Gasteiger partial charge in [-0.15, -0.1) is 0 Å². The highest BCUT2D eigenvalue weighted by Gasteiger charge is 2.30. The summed E-state index contributed by atoms with van der Waals surface area (Å²) in [5.41, 5.74) is 4.74. The molecule has 7 heteroatoms. The van der Waals surface area contributed by atoms with Crippen molar-refractivity contribution in [1.82, 2.24) is 9.97 Å². The van der Waals surface area contributed by atoms with E-state index < -0.39 is 11.7 Å². The maximum atomic E-state index is 12.3. The van der Waals surface area contributed by atoms with Crippen LogP contribution < -0.4 is 5.73 Å². The molecule has 0 bridgehead atoms. The number of aromatic nitrogens is 2. The highest BCUT2D eigenvalue weighted by molar-refractivity contribution is 7.99. The summed E-state index contributed by atoms with van der Waals surface area (Å²) in [5, 5.41) is 0.466. The van der Waals surface area contributed by atoms with Gasteiger partial charge in [0.15, 0.2) is 0 Å². The summed E-state index contributed by atoms with van der Waals surface area (Å²) in [6.45, 7) is 0. The lowest BCUT2D eigenvalue weighted by Crippen LogP contribution is -2.04. The number of anilines is 1. The molecule has 0 aromatic carbocycles. The quantitative estimate of drug-likeness (QED) is 0.911. The zero-order chi connectivity index (χ0) is 13.2. The Morgan fingerprint density at radius 2 is 1.89 bits per heavy atom. The van der Waals surface area contributed by atoms with Gasteiger partial charge in [0.1, 0.15) is 10.8 Å². The van der Waals surface area contributed by atoms with Crippen LogP contribution in [-0.2, 0) is 6.18 Å². The van der Waals surface area contributed by atoms with Crippen molar-refractivity contribution < 1.29 is 13.2 Å². The van der Waals surface area contributed by atoms with Gasteiger partial charge in [0, 0.05) is 17.3 Å². The van der Waals surface area contributed by atoms with E-state index in [1.807, 2.05) is 0 Å². The second-order valence-electron chi connectivity index (χ2n) is 3.40. The molecule has 0 saturated heterocycles. The molecular weight excluding hydrogens is 263 g/mol. The minimum absolute atomic E-state index is 0.354. The molecule has 2 N–H and O–H groups in total. The summed E-state index contributed by atoms with van der Waals surface area (Å²) in [5.74, 6) is 0.354. The molecule has 0 radical (unpaired) electrons. The molecule has 0 aliphatic carbocycles. The van der Waals surface area contributed by atoms with Crippen molar-refractivity contribution in [2.45, 2.75) is 16.1 Å². The summed E-state index contributed by atoms with van der Waals surface area (Å²) < 4.78 is 37.0. The van der Waals surface area contributed by atoms with Crippen LogP contribution >= 0.6 is 11.8 Å². The van der Waals surface area contributed by atoms with Crippen LogP contribution in [0.15, 0.2) is 46.6 Å². The van der Waals surface area contributed by atoms with Gasteiger partial charge in [-0.3, -0.25) is 0 Å². The van der Waals surface area contributed by atoms with Gasteiger partial charge in [0.25, 0.3) is 0 Å². The number of nitrogen functional groups attached to an aromatic ring is 1. The van der Waals surface area contributed by atoms with Gasteiger partial charge in [-0.25, -0.2) is 9.97 Å². The van der Waals surface area contributed by atoms with Crippen molar-refractivity contribution in [3.8, 4) is 0 Å². The number of rotatable bonds is 2. The first-order valence-electron chi connectivity index (χ1n) is 4.88. The predicted molar refractivity (Wildman–Crippen MR) is 62.0 cm³/mol. The van der Waals surface area contributed by atoms with Crippen LogP contribution in [0.2, 0.25) is 0 Å². The monoisotopic (exact) mass is 271 g/mol. The number of alkyl halides is 3. The number of pyridine rings is 2. The predicted octanol–water partition coefficient (Wildman–Crippen LogP) is 3.23. The summed E-state index contributed by atoms with van der Waals surface area (Å²) >= 11 is 1.22. The van der Waals surface area contributed by atoms with Crippen molar-refractivity contribution in [2.75, 3.05) is 5.73 Å². The first-order chi connectivity index (χ1) is 8.45. The van der Waals surface area contributed by atoms with Gasteiger partial charge in [-0.05, 0) is 24.3 Å². The third-order valence-corrected chi connectivity index (χ3v) is 2.98. The molecule has 2 heterocycles. The topological polar surface area (TPSA) is 51.8 Å². The molecule has 3 nitrogen and oxygen atoms in total. The molecule has 0 fully saturated rings. The van der Waals surface area contributed by atoms with Gasteiger partial charge in [0.05, 0.1) is 5.56 Å². The van der Waals surface area contributed by atoms with Crippen LogP contribution in [0.3, 0.4) is 0 Å². The summed E-state index contributed by atoms with van der Waals surface area (Å²) in [4.78, 5) is 8.35.